The Morgan fingerprint density at radius 3 is 2.39 bits per heavy atom. The molecular formula is C34H49NO6. The molecule has 0 amide bonds. The van der Waals surface area contributed by atoms with Gasteiger partial charge in [0.25, 0.3) is 0 Å². The van der Waals surface area contributed by atoms with Crippen molar-refractivity contribution in [3.63, 3.8) is 0 Å². The van der Waals surface area contributed by atoms with Gasteiger partial charge in [0.1, 0.15) is 12.6 Å². The largest absolute Gasteiger partial charge is 0.523 e. The molecule has 5 aliphatic carbocycles. The Labute approximate surface area is 245 Å². The highest BCUT2D eigenvalue weighted by Gasteiger charge is 2.71. The van der Waals surface area contributed by atoms with E-state index in [2.05, 4.69) is 39.5 Å². The lowest BCUT2D eigenvalue weighted by Crippen LogP contribution is -2.66. The van der Waals surface area contributed by atoms with Crippen LogP contribution in [0.2, 0.25) is 0 Å². The highest BCUT2D eigenvalue weighted by atomic mass is 16.7. The van der Waals surface area contributed by atoms with Gasteiger partial charge in [-0.05, 0) is 90.9 Å². The van der Waals surface area contributed by atoms with Crippen LogP contribution in [0.15, 0.2) is 23.1 Å². The predicted octanol–water partition coefficient (Wildman–Crippen LogP) is 7.04. The van der Waals surface area contributed by atoms with Crippen LogP contribution in [-0.2, 0) is 23.8 Å². The summed E-state index contributed by atoms with van der Waals surface area (Å²) in [5.41, 5.74) is -0.949. The van der Waals surface area contributed by atoms with E-state index < -0.39 is 16.2 Å². The second kappa shape index (κ2) is 9.67. The third-order valence-electron chi connectivity index (χ3n) is 13.1. The molecule has 5 aliphatic rings. The molecule has 0 aliphatic heterocycles. The van der Waals surface area contributed by atoms with Gasteiger partial charge < -0.3 is 19.3 Å². The Hall–Kier alpha value is -2.17. The van der Waals surface area contributed by atoms with E-state index in [1.165, 1.54) is 7.11 Å². The van der Waals surface area contributed by atoms with Crippen LogP contribution in [0.5, 0.6) is 0 Å². The van der Waals surface area contributed by atoms with Crippen molar-refractivity contribution in [2.24, 2.45) is 50.2 Å². The van der Waals surface area contributed by atoms with Crippen LogP contribution in [0, 0.1) is 56.8 Å². The second-order valence-corrected chi connectivity index (χ2v) is 15.6. The molecule has 0 spiro atoms. The Bertz CT molecular complexity index is 1240. The van der Waals surface area contributed by atoms with Gasteiger partial charge in [-0.2, -0.15) is 0 Å². The maximum atomic E-state index is 14.6. The first-order valence-corrected chi connectivity index (χ1v) is 15.3. The lowest BCUT2D eigenvalue weighted by Gasteiger charge is -2.69. The van der Waals surface area contributed by atoms with E-state index in [1.54, 1.807) is 7.11 Å². The Kier molecular flexibility index (Phi) is 7.15. The highest BCUT2D eigenvalue weighted by Crippen LogP contribution is 2.75. The van der Waals surface area contributed by atoms with Gasteiger partial charge in [0.2, 0.25) is 5.70 Å². The number of carbonyl (C=O) groups excluding carboxylic acids is 2. The van der Waals surface area contributed by atoms with E-state index in [9.17, 15) is 14.7 Å². The fourth-order valence-electron chi connectivity index (χ4n) is 10.8. The molecule has 0 saturated heterocycles. The van der Waals surface area contributed by atoms with Crippen LogP contribution in [0.3, 0.4) is 0 Å². The van der Waals surface area contributed by atoms with Crippen molar-refractivity contribution in [3.8, 4) is 0 Å². The fourth-order valence-corrected chi connectivity index (χ4v) is 10.8. The molecule has 1 N–H and O–H groups in total. The number of hydrogen-bond acceptors (Lipinski definition) is 6. The number of aliphatic hydroxyl groups is 1. The van der Waals surface area contributed by atoms with Gasteiger partial charge in [0, 0.05) is 18.4 Å². The average Bonchev–Trinajstić information content (AvgIpc) is 2.91. The van der Waals surface area contributed by atoms with Gasteiger partial charge in [0.15, 0.2) is 5.78 Å². The zero-order valence-electron chi connectivity index (χ0n) is 26.3. The van der Waals surface area contributed by atoms with Crippen LogP contribution in [-0.4, -0.2) is 44.5 Å². The number of fused-ring (bicyclic) bond motifs is 7. The zero-order chi connectivity index (χ0) is 30.2. The van der Waals surface area contributed by atoms with E-state index >= 15 is 0 Å². The molecule has 0 heterocycles. The van der Waals surface area contributed by atoms with Gasteiger partial charge in [0.05, 0.1) is 25.7 Å². The van der Waals surface area contributed by atoms with Crippen molar-refractivity contribution in [2.75, 3.05) is 27.6 Å². The monoisotopic (exact) mass is 567 g/mol. The van der Waals surface area contributed by atoms with Crippen LogP contribution in [0.25, 0.3) is 4.85 Å². The number of carbonyl (C=O) groups is 2. The molecule has 7 heteroatoms. The summed E-state index contributed by atoms with van der Waals surface area (Å²) < 4.78 is 16.4. The summed E-state index contributed by atoms with van der Waals surface area (Å²) in [5.74, 6) is -0.231. The maximum Gasteiger partial charge on any atom is 0.312 e. The molecule has 5 rings (SSSR count). The number of ketones is 1. The number of methoxy groups -OCH3 is 2. The van der Waals surface area contributed by atoms with Crippen LogP contribution in [0.4, 0.5) is 0 Å². The second-order valence-electron chi connectivity index (χ2n) is 15.6. The quantitative estimate of drug-likeness (QED) is 0.166. The van der Waals surface area contributed by atoms with Crippen LogP contribution >= 0.6 is 0 Å². The molecular weight excluding hydrogens is 518 g/mol. The Morgan fingerprint density at radius 1 is 1.07 bits per heavy atom. The minimum Gasteiger partial charge on any atom is -0.523 e. The summed E-state index contributed by atoms with van der Waals surface area (Å²) in [4.78, 5) is 31.8. The molecule has 0 aromatic rings. The van der Waals surface area contributed by atoms with Crippen LogP contribution in [0.1, 0.15) is 92.9 Å². The smallest absolute Gasteiger partial charge is 0.312 e. The Morgan fingerprint density at radius 2 is 1.76 bits per heavy atom. The van der Waals surface area contributed by atoms with Gasteiger partial charge in [-0.1, -0.05) is 47.1 Å². The topological polar surface area (TPSA) is 86.4 Å². The molecule has 41 heavy (non-hydrogen) atoms. The zero-order valence-corrected chi connectivity index (χ0v) is 26.3. The van der Waals surface area contributed by atoms with E-state index in [-0.39, 0.29) is 64.9 Å². The average molecular weight is 568 g/mol. The Balaban J connectivity index is 1.65. The van der Waals surface area contributed by atoms with E-state index in [0.717, 1.165) is 50.5 Å². The lowest BCUT2D eigenvalue weighted by atomic mass is 9.34. The highest BCUT2D eigenvalue weighted by molar-refractivity contribution is 5.96. The molecule has 3 fully saturated rings. The summed E-state index contributed by atoms with van der Waals surface area (Å²) in [7, 11) is 3.06. The van der Waals surface area contributed by atoms with Crippen molar-refractivity contribution in [1.29, 1.82) is 0 Å². The molecule has 8 atom stereocenters. The van der Waals surface area contributed by atoms with Crippen molar-refractivity contribution < 1.29 is 28.9 Å². The van der Waals surface area contributed by atoms with Gasteiger partial charge in [-0.3, -0.25) is 9.59 Å². The minimum absolute atomic E-state index is 0.00371. The molecule has 226 valence electrons. The molecule has 3 saturated carbocycles. The number of esters is 1. The molecule has 0 aromatic heterocycles. The summed E-state index contributed by atoms with van der Waals surface area (Å²) >= 11 is 0. The molecule has 0 bridgehead atoms. The van der Waals surface area contributed by atoms with E-state index in [4.69, 9.17) is 20.8 Å². The fraction of sp³-hybridized carbons (Fsp3) is 0.794. The van der Waals surface area contributed by atoms with Crippen molar-refractivity contribution in [3.05, 3.63) is 34.5 Å². The molecule has 0 radical (unpaired) electrons. The first-order chi connectivity index (χ1) is 19.1. The lowest BCUT2D eigenvalue weighted by molar-refractivity contribution is -0.193. The van der Waals surface area contributed by atoms with E-state index in [1.807, 2.05) is 13.0 Å². The van der Waals surface area contributed by atoms with Crippen molar-refractivity contribution >= 4 is 11.8 Å². The third kappa shape index (κ3) is 3.95. The first kappa shape index (κ1) is 30.3. The normalized spacial score (nSPS) is 44.9. The SMILES string of the molecule is [C-]#[N+]C1=C(O)[C@](C)(COCOC)[C@@H]2CC[C@]3(C)C(=CC(=O)[C@@H]4[C@@H]5CC(C)(C)CC[C@]5(C(=O)OC)CC[C@]43C)[C@@]2(C)C1. The van der Waals surface area contributed by atoms with E-state index in [0.29, 0.717) is 12.1 Å². The van der Waals surface area contributed by atoms with Gasteiger partial charge >= 0.3 is 5.97 Å². The predicted molar refractivity (Wildman–Crippen MR) is 155 cm³/mol. The summed E-state index contributed by atoms with van der Waals surface area (Å²) in [6.07, 6.45) is 8.13. The van der Waals surface area contributed by atoms with Gasteiger partial charge in [-0.15, -0.1) is 0 Å². The van der Waals surface area contributed by atoms with Gasteiger partial charge in [-0.25, -0.2) is 4.85 Å². The first-order valence-electron chi connectivity index (χ1n) is 15.3. The number of nitrogens with zero attached hydrogens (tertiary/aromatic N) is 1. The van der Waals surface area contributed by atoms with Crippen molar-refractivity contribution in [1.82, 2.24) is 0 Å². The summed E-state index contributed by atoms with van der Waals surface area (Å²) in [6, 6.07) is 0. The number of rotatable bonds is 5. The number of ether oxygens (including phenoxy) is 3. The number of allylic oxidation sites excluding steroid dienone is 3. The number of hydrogen-bond donors (Lipinski definition) is 1. The molecule has 7 nitrogen and oxygen atoms in total. The molecule has 0 aromatic carbocycles. The third-order valence-corrected chi connectivity index (χ3v) is 13.1. The van der Waals surface area contributed by atoms with Crippen LogP contribution < -0.4 is 0 Å². The summed E-state index contributed by atoms with van der Waals surface area (Å²) in [5, 5.41) is 11.4. The van der Waals surface area contributed by atoms with Crippen molar-refractivity contribution in [2.45, 2.75) is 92.9 Å². The number of aliphatic hydroxyl groups excluding tert-OH is 1. The maximum absolute atomic E-state index is 14.6. The molecule has 0 unspecified atom stereocenters. The minimum atomic E-state index is -0.769. The summed E-state index contributed by atoms with van der Waals surface area (Å²) in [6.45, 7) is 21.7. The standard InChI is InChI=1S/C34H49NO6/c1-29(2)12-14-34(28(38)40-9)15-13-33(6)26(21(34)17-29)23(36)16-25-30(3)18-22(35-7)27(37)31(4,19-41-20-39-8)24(30)10-11-32(25,33)5/h16,21,24,26,37H,10-15,17-20H2,1-6,8-9H3/t21-,24+,26-,30-,31+,32+,33+,34-/m0/s1.